The Hall–Kier alpha value is -3.39. The monoisotopic (exact) mass is 454 g/mol. The number of hydrogen-bond donors (Lipinski definition) is 3. The zero-order valence-electron chi connectivity index (χ0n) is 18.7. The average molecular weight is 455 g/mol. The van der Waals surface area contributed by atoms with Gasteiger partial charge in [0.25, 0.3) is 0 Å². The first kappa shape index (κ1) is 24.3. The molecule has 3 N–H and O–H groups in total. The second-order valence-electron chi connectivity index (χ2n) is 7.86. The lowest BCUT2D eigenvalue weighted by Crippen LogP contribution is -2.48. The molecule has 8 nitrogen and oxygen atoms in total. The van der Waals surface area contributed by atoms with Gasteiger partial charge in [-0.25, -0.2) is 4.79 Å². The molecule has 1 aliphatic carbocycles. The quantitative estimate of drug-likeness (QED) is 0.424. The minimum Gasteiger partial charge on any atom is -0.481 e. The van der Waals surface area contributed by atoms with Gasteiger partial charge in [-0.05, 0) is 35.1 Å². The molecule has 176 valence electrons. The van der Waals surface area contributed by atoms with E-state index >= 15 is 0 Å². The standard InChI is InChI=1S/C25H30N2O6/c1-2-14-32-15-13-26-24(30)22(11-12-23(28)29)27-25(31)33-16-21-19-9-5-3-7-17(19)18-8-4-6-10-20(18)21/h3-10,21-22H,2,11-16H2,1H3,(H,26,30)(H,27,31)(H,28,29). The Bertz CT molecular complexity index is 931. The number of alkyl carbamates (subject to hydrolysis) is 1. The molecule has 0 saturated heterocycles. The SMILES string of the molecule is CCCOCCNC(=O)C(CCC(=O)O)NC(=O)OCC1c2ccccc2-c2ccccc21. The topological polar surface area (TPSA) is 114 Å². The fourth-order valence-corrected chi connectivity index (χ4v) is 3.93. The highest BCUT2D eigenvalue weighted by atomic mass is 16.5. The fraction of sp³-hybridized carbons (Fsp3) is 0.400. The van der Waals surface area contributed by atoms with Gasteiger partial charge in [-0.2, -0.15) is 0 Å². The Kier molecular flexibility index (Phi) is 8.83. The molecule has 0 radical (unpaired) electrons. The zero-order chi connectivity index (χ0) is 23.6. The number of aliphatic carboxylic acids is 1. The largest absolute Gasteiger partial charge is 0.481 e. The molecule has 0 saturated carbocycles. The number of benzene rings is 2. The van der Waals surface area contributed by atoms with Gasteiger partial charge in [0.15, 0.2) is 0 Å². The van der Waals surface area contributed by atoms with E-state index < -0.39 is 24.0 Å². The highest BCUT2D eigenvalue weighted by Gasteiger charge is 2.29. The molecule has 3 rings (SSSR count). The molecule has 0 fully saturated rings. The molecule has 8 heteroatoms. The minimum absolute atomic E-state index is 0.0405. The van der Waals surface area contributed by atoms with Crippen LogP contribution in [0.4, 0.5) is 4.79 Å². The Balaban J connectivity index is 1.58. The Morgan fingerprint density at radius 3 is 2.24 bits per heavy atom. The third-order valence-corrected chi connectivity index (χ3v) is 5.49. The fourth-order valence-electron chi connectivity index (χ4n) is 3.93. The van der Waals surface area contributed by atoms with E-state index in [-0.39, 0.29) is 31.9 Å². The Morgan fingerprint density at radius 2 is 1.64 bits per heavy atom. The molecule has 1 aliphatic rings. The van der Waals surface area contributed by atoms with Crippen LogP contribution in [-0.2, 0) is 19.1 Å². The van der Waals surface area contributed by atoms with Gasteiger partial charge in [0.05, 0.1) is 6.61 Å². The van der Waals surface area contributed by atoms with E-state index in [9.17, 15) is 14.4 Å². The van der Waals surface area contributed by atoms with Crippen LogP contribution in [0, 0.1) is 0 Å². The second kappa shape index (κ2) is 12.0. The lowest BCUT2D eigenvalue weighted by atomic mass is 9.98. The predicted molar refractivity (Wildman–Crippen MR) is 123 cm³/mol. The predicted octanol–water partition coefficient (Wildman–Crippen LogP) is 3.30. The van der Waals surface area contributed by atoms with Crippen molar-refractivity contribution in [3.63, 3.8) is 0 Å². The summed E-state index contributed by atoms with van der Waals surface area (Å²) in [6.07, 6.45) is -0.182. The molecule has 2 amide bonds. The summed E-state index contributed by atoms with van der Waals surface area (Å²) in [4.78, 5) is 36.0. The number of carbonyl (C=O) groups excluding carboxylic acids is 2. The molecule has 2 aromatic rings. The summed E-state index contributed by atoms with van der Waals surface area (Å²) in [6.45, 7) is 3.30. The first-order valence-corrected chi connectivity index (χ1v) is 11.2. The van der Waals surface area contributed by atoms with Crippen LogP contribution >= 0.6 is 0 Å². The van der Waals surface area contributed by atoms with Gasteiger partial charge in [0.1, 0.15) is 12.6 Å². The van der Waals surface area contributed by atoms with Gasteiger partial charge in [0, 0.05) is 25.5 Å². The van der Waals surface area contributed by atoms with Crippen LogP contribution in [-0.4, -0.2) is 55.5 Å². The second-order valence-corrected chi connectivity index (χ2v) is 7.86. The first-order chi connectivity index (χ1) is 16.0. The Labute approximate surface area is 193 Å². The van der Waals surface area contributed by atoms with Gasteiger partial charge in [-0.1, -0.05) is 55.5 Å². The third kappa shape index (κ3) is 6.55. The summed E-state index contributed by atoms with van der Waals surface area (Å²) < 4.78 is 10.8. The Morgan fingerprint density at radius 1 is 1.00 bits per heavy atom. The van der Waals surface area contributed by atoms with Gasteiger partial charge in [0.2, 0.25) is 5.91 Å². The smallest absolute Gasteiger partial charge is 0.407 e. The van der Waals surface area contributed by atoms with E-state index in [2.05, 4.69) is 10.6 Å². The maximum absolute atomic E-state index is 12.5. The van der Waals surface area contributed by atoms with Crippen LogP contribution in [0.3, 0.4) is 0 Å². The van der Waals surface area contributed by atoms with Crippen LogP contribution in [0.15, 0.2) is 48.5 Å². The number of carbonyl (C=O) groups is 3. The molecule has 0 spiro atoms. The number of nitrogens with one attached hydrogen (secondary N) is 2. The van der Waals surface area contributed by atoms with Crippen LogP contribution in [0.5, 0.6) is 0 Å². The molecule has 0 bridgehead atoms. The van der Waals surface area contributed by atoms with Crippen LogP contribution in [0.2, 0.25) is 0 Å². The maximum atomic E-state index is 12.5. The lowest BCUT2D eigenvalue weighted by Gasteiger charge is -2.19. The number of amides is 2. The molecule has 0 heterocycles. The van der Waals surface area contributed by atoms with E-state index in [1.54, 1.807) is 0 Å². The highest BCUT2D eigenvalue weighted by Crippen LogP contribution is 2.44. The molecular weight excluding hydrogens is 424 g/mol. The minimum atomic E-state index is -1.05. The molecular formula is C25H30N2O6. The van der Waals surface area contributed by atoms with E-state index in [0.29, 0.717) is 13.2 Å². The number of carboxylic acids is 1. The first-order valence-electron chi connectivity index (χ1n) is 11.2. The van der Waals surface area contributed by atoms with E-state index in [1.165, 1.54) is 0 Å². The van der Waals surface area contributed by atoms with E-state index in [0.717, 1.165) is 28.7 Å². The summed E-state index contributed by atoms with van der Waals surface area (Å²) in [5, 5.41) is 14.2. The van der Waals surface area contributed by atoms with Crippen LogP contribution < -0.4 is 10.6 Å². The summed E-state index contributed by atoms with van der Waals surface area (Å²) in [6, 6.07) is 15.0. The number of fused-ring (bicyclic) bond motifs is 3. The number of rotatable bonds is 12. The molecule has 2 aromatic carbocycles. The average Bonchev–Trinajstić information content (AvgIpc) is 3.13. The zero-order valence-corrected chi connectivity index (χ0v) is 18.7. The van der Waals surface area contributed by atoms with Crippen molar-refractivity contribution in [1.29, 1.82) is 0 Å². The van der Waals surface area contributed by atoms with Crippen molar-refractivity contribution < 1.29 is 29.0 Å². The van der Waals surface area contributed by atoms with Gasteiger partial charge >= 0.3 is 12.1 Å². The third-order valence-electron chi connectivity index (χ3n) is 5.49. The van der Waals surface area contributed by atoms with Crippen molar-refractivity contribution >= 4 is 18.0 Å². The van der Waals surface area contributed by atoms with Crippen molar-refractivity contribution in [1.82, 2.24) is 10.6 Å². The molecule has 0 aliphatic heterocycles. The summed E-state index contributed by atoms with van der Waals surface area (Å²) >= 11 is 0. The lowest BCUT2D eigenvalue weighted by molar-refractivity contribution is -0.137. The van der Waals surface area contributed by atoms with Crippen molar-refractivity contribution in [2.75, 3.05) is 26.4 Å². The van der Waals surface area contributed by atoms with Crippen LogP contribution in [0.25, 0.3) is 11.1 Å². The van der Waals surface area contributed by atoms with Crippen molar-refractivity contribution in [3.05, 3.63) is 59.7 Å². The number of carboxylic acid groups (broad SMARTS) is 1. The molecule has 1 unspecified atom stereocenters. The molecule has 1 atom stereocenters. The highest BCUT2D eigenvalue weighted by molar-refractivity contribution is 5.86. The molecule has 0 aromatic heterocycles. The summed E-state index contributed by atoms with van der Waals surface area (Å²) in [7, 11) is 0. The summed E-state index contributed by atoms with van der Waals surface area (Å²) in [5.74, 6) is -1.62. The van der Waals surface area contributed by atoms with Crippen molar-refractivity contribution in [3.8, 4) is 11.1 Å². The number of hydrogen-bond acceptors (Lipinski definition) is 5. The van der Waals surface area contributed by atoms with Gasteiger partial charge in [-0.15, -0.1) is 0 Å². The summed E-state index contributed by atoms with van der Waals surface area (Å²) in [5.41, 5.74) is 4.40. The number of ether oxygens (including phenoxy) is 2. The van der Waals surface area contributed by atoms with Crippen molar-refractivity contribution in [2.45, 2.75) is 38.1 Å². The molecule has 33 heavy (non-hydrogen) atoms. The van der Waals surface area contributed by atoms with Gasteiger partial charge in [-0.3, -0.25) is 9.59 Å². The van der Waals surface area contributed by atoms with E-state index in [4.69, 9.17) is 14.6 Å². The maximum Gasteiger partial charge on any atom is 0.407 e. The van der Waals surface area contributed by atoms with Gasteiger partial charge < -0.3 is 25.2 Å². The van der Waals surface area contributed by atoms with E-state index in [1.807, 2.05) is 55.5 Å². The van der Waals surface area contributed by atoms with Crippen molar-refractivity contribution in [2.24, 2.45) is 0 Å². The van der Waals surface area contributed by atoms with Crippen LogP contribution in [0.1, 0.15) is 43.2 Å². The normalized spacial score (nSPS) is 13.0.